The first-order chi connectivity index (χ1) is 13.2. The van der Waals surface area contributed by atoms with Crippen molar-refractivity contribution < 1.29 is 18.8 Å². The summed E-state index contributed by atoms with van der Waals surface area (Å²) >= 11 is 0. The van der Waals surface area contributed by atoms with Crippen molar-refractivity contribution in [2.24, 2.45) is 0 Å². The number of carbonyl (C=O) groups is 1. The van der Waals surface area contributed by atoms with E-state index in [1.165, 1.54) is 0 Å². The fourth-order valence-electron chi connectivity index (χ4n) is 4.28. The zero-order valence-electron chi connectivity index (χ0n) is 15.7. The Morgan fingerprint density at radius 1 is 1.19 bits per heavy atom. The van der Waals surface area contributed by atoms with E-state index in [2.05, 4.69) is 10.1 Å². The number of carbonyl (C=O) groups excluding carboxylic acids is 1. The largest absolute Gasteiger partial charge is 0.381 e. The van der Waals surface area contributed by atoms with Gasteiger partial charge in [0.05, 0.1) is 28.9 Å². The number of hydrogen-bond acceptors (Lipinski definition) is 6. The SMILES string of the molecule is Cc1noc2nc(C3CC3)cc(C(=O)N3CCOC4(CCOCC4)CC3)c12. The van der Waals surface area contributed by atoms with Crippen LogP contribution in [0.15, 0.2) is 10.6 Å². The summed E-state index contributed by atoms with van der Waals surface area (Å²) in [5, 5.41) is 4.79. The second-order valence-electron chi connectivity index (χ2n) is 8.00. The molecule has 2 aromatic heterocycles. The van der Waals surface area contributed by atoms with Crippen molar-refractivity contribution in [3.63, 3.8) is 0 Å². The second kappa shape index (κ2) is 6.56. The number of rotatable bonds is 2. The van der Waals surface area contributed by atoms with Crippen molar-refractivity contribution in [2.75, 3.05) is 32.9 Å². The van der Waals surface area contributed by atoms with E-state index < -0.39 is 0 Å². The highest BCUT2D eigenvalue weighted by Gasteiger charge is 2.37. The predicted octanol–water partition coefficient (Wildman–Crippen LogP) is 2.82. The van der Waals surface area contributed by atoms with Crippen LogP contribution < -0.4 is 0 Å². The van der Waals surface area contributed by atoms with Gasteiger partial charge in [0.25, 0.3) is 11.6 Å². The smallest absolute Gasteiger partial charge is 0.259 e. The van der Waals surface area contributed by atoms with Gasteiger partial charge in [0.15, 0.2) is 0 Å². The first-order valence-electron chi connectivity index (χ1n) is 9.93. The van der Waals surface area contributed by atoms with E-state index in [1.807, 2.05) is 17.9 Å². The Bertz CT molecular complexity index is 867. The maximum absolute atomic E-state index is 13.4. The molecule has 27 heavy (non-hydrogen) atoms. The molecule has 7 nitrogen and oxygen atoms in total. The summed E-state index contributed by atoms with van der Waals surface area (Å²) in [5.74, 6) is 0.479. The zero-order chi connectivity index (χ0) is 18.4. The number of aromatic nitrogens is 2. The highest BCUT2D eigenvalue weighted by Crippen LogP contribution is 2.41. The molecule has 1 spiro atoms. The van der Waals surface area contributed by atoms with Gasteiger partial charge in [0.1, 0.15) is 0 Å². The van der Waals surface area contributed by atoms with Crippen LogP contribution in [0, 0.1) is 6.92 Å². The molecule has 7 heteroatoms. The molecule has 1 saturated carbocycles. The lowest BCUT2D eigenvalue weighted by Gasteiger charge is -2.35. The third-order valence-corrected chi connectivity index (χ3v) is 6.16. The van der Waals surface area contributed by atoms with Crippen molar-refractivity contribution in [3.05, 3.63) is 23.0 Å². The van der Waals surface area contributed by atoms with Crippen molar-refractivity contribution in [3.8, 4) is 0 Å². The summed E-state index contributed by atoms with van der Waals surface area (Å²) in [6, 6.07) is 1.96. The molecular weight excluding hydrogens is 346 g/mol. The Labute approximate surface area is 158 Å². The van der Waals surface area contributed by atoms with Crippen molar-refractivity contribution >= 4 is 17.0 Å². The van der Waals surface area contributed by atoms with Crippen LogP contribution in [0.25, 0.3) is 11.1 Å². The van der Waals surface area contributed by atoms with E-state index in [9.17, 15) is 4.79 Å². The predicted molar refractivity (Wildman–Crippen MR) is 97.8 cm³/mol. The molecule has 2 aromatic rings. The lowest BCUT2D eigenvalue weighted by Crippen LogP contribution is -2.40. The quantitative estimate of drug-likeness (QED) is 0.808. The molecule has 0 bridgehead atoms. The van der Waals surface area contributed by atoms with Crippen molar-refractivity contribution in [2.45, 2.75) is 50.5 Å². The van der Waals surface area contributed by atoms with Crippen LogP contribution in [0.3, 0.4) is 0 Å². The monoisotopic (exact) mass is 371 g/mol. The number of aryl methyl sites for hydroxylation is 1. The van der Waals surface area contributed by atoms with Crippen LogP contribution in [0.1, 0.15) is 59.8 Å². The second-order valence-corrected chi connectivity index (χ2v) is 8.00. The molecule has 5 rings (SSSR count). The summed E-state index contributed by atoms with van der Waals surface area (Å²) in [6.07, 6.45) is 4.92. The van der Waals surface area contributed by atoms with Crippen LogP contribution in [0.5, 0.6) is 0 Å². The van der Waals surface area contributed by atoms with E-state index in [0.717, 1.165) is 62.1 Å². The Morgan fingerprint density at radius 3 is 2.78 bits per heavy atom. The van der Waals surface area contributed by atoms with Crippen LogP contribution in [0.2, 0.25) is 0 Å². The lowest BCUT2D eigenvalue weighted by molar-refractivity contribution is -0.105. The van der Waals surface area contributed by atoms with Gasteiger partial charge in [0.2, 0.25) is 0 Å². The molecule has 4 heterocycles. The highest BCUT2D eigenvalue weighted by molar-refractivity contribution is 6.06. The van der Waals surface area contributed by atoms with Gasteiger partial charge in [0, 0.05) is 37.9 Å². The highest BCUT2D eigenvalue weighted by atomic mass is 16.5. The molecule has 0 unspecified atom stereocenters. The van der Waals surface area contributed by atoms with E-state index in [-0.39, 0.29) is 11.5 Å². The zero-order valence-corrected chi connectivity index (χ0v) is 15.7. The first kappa shape index (κ1) is 17.1. The minimum Gasteiger partial charge on any atom is -0.381 e. The minimum absolute atomic E-state index is 0.0308. The number of nitrogens with zero attached hydrogens (tertiary/aromatic N) is 3. The van der Waals surface area contributed by atoms with Crippen LogP contribution in [-0.2, 0) is 9.47 Å². The summed E-state index contributed by atoms with van der Waals surface area (Å²) in [5.41, 5.74) is 2.69. The molecule has 1 aliphatic carbocycles. The number of ether oxygens (including phenoxy) is 2. The average Bonchev–Trinajstić information content (AvgIpc) is 3.49. The fourth-order valence-corrected chi connectivity index (χ4v) is 4.28. The van der Waals surface area contributed by atoms with Crippen LogP contribution in [-0.4, -0.2) is 59.5 Å². The normalized spacial score (nSPS) is 22.9. The molecule has 3 aliphatic rings. The number of pyridine rings is 1. The van der Waals surface area contributed by atoms with Gasteiger partial charge in [-0.2, -0.15) is 0 Å². The van der Waals surface area contributed by atoms with Crippen LogP contribution in [0.4, 0.5) is 0 Å². The average molecular weight is 371 g/mol. The van der Waals surface area contributed by atoms with Gasteiger partial charge in [-0.05, 0) is 45.1 Å². The van der Waals surface area contributed by atoms with E-state index >= 15 is 0 Å². The van der Waals surface area contributed by atoms with Gasteiger partial charge >= 0.3 is 0 Å². The summed E-state index contributed by atoms with van der Waals surface area (Å²) < 4.78 is 17.1. The van der Waals surface area contributed by atoms with E-state index in [0.29, 0.717) is 36.9 Å². The van der Waals surface area contributed by atoms with Gasteiger partial charge < -0.3 is 18.9 Å². The van der Waals surface area contributed by atoms with E-state index in [4.69, 9.17) is 14.0 Å². The number of hydrogen-bond donors (Lipinski definition) is 0. The molecule has 144 valence electrons. The topological polar surface area (TPSA) is 77.7 Å². The Morgan fingerprint density at radius 2 is 2.00 bits per heavy atom. The molecule has 0 atom stereocenters. The van der Waals surface area contributed by atoms with Gasteiger partial charge in [-0.15, -0.1) is 0 Å². The number of fused-ring (bicyclic) bond motifs is 1. The first-order valence-corrected chi connectivity index (χ1v) is 9.93. The maximum atomic E-state index is 13.4. The maximum Gasteiger partial charge on any atom is 0.259 e. The van der Waals surface area contributed by atoms with Crippen molar-refractivity contribution in [1.82, 2.24) is 15.0 Å². The summed E-state index contributed by atoms with van der Waals surface area (Å²) in [6.45, 7) is 5.22. The van der Waals surface area contributed by atoms with Gasteiger partial charge in [-0.1, -0.05) is 5.16 Å². The molecule has 0 radical (unpaired) electrons. The molecule has 1 amide bonds. The van der Waals surface area contributed by atoms with Gasteiger partial charge in [-0.25, -0.2) is 4.98 Å². The molecule has 0 N–H and O–H groups in total. The Hall–Kier alpha value is -1.99. The molecule has 0 aromatic carbocycles. The number of amides is 1. The molecule has 2 saturated heterocycles. The summed E-state index contributed by atoms with van der Waals surface area (Å²) in [4.78, 5) is 19.9. The molecule has 3 fully saturated rings. The standard InChI is InChI=1S/C20H25N3O4/c1-13-17-15(12-16(14-2-3-14)21-18(17)27-22-13)19(24)23-7-4-20(26-11-8-23)5-9-25-10-6-20/h12,14H,2-11H2,1H3. The van der Waals surface area contributed by atoms with Gasteiger partial charge in [-0.3, -0.25) is 4.79 Å². The minimum atomic E-state index is -0.132. The fraction of sp³-hybridized carbons (Fsp3) is 0.650. The van der Waals surface area contributed by atoms with E-state index in [1.54, 1.807) is 0 Å². The lowest BCUT2D eigenvalue weighted by atomic mass is 9.90. The summed E-state index contributed by atoms with van der Waals surface area (Å²) in [7, 11) is 0. The third-order valence-electron chi connectivity index (χ3n) is 6.16. The Kier molecular flexibility index (Phi) is 4.16. The molecule has 2 aliphatic heterocycles. The Balaban J connectivity index is 1.44. The molecular formula is C20H25N3O4. The third kappa shape index (κ3) is 3.12. The van der Waals surface area contributed by atoms with Crippen molar-refractivity contribution in [1.29, 1.82) is 0 Å². The van der Waals surface area contributed by atoms with Crippen LogP contribution >= 0.6 is 0 Å².